The van der Waals surface area contributed by atoms with Gasteiger partial charge in [-0.2, -0.15) is 0 Å². The van der Waals surface area contributed by atoms with Crippen LogP contribution in [0.4, 0.5) is 12.9 Å². The molecule has 74 valence electrons. The molecule has 0 aliphatic rings. The summed E-state index contributed by atoms with van der Waals surface area (Å²) in [5.41, 5.74) is 0.102. The van der Waals surface area contributed by atoms with Crippen LogP contribution in [0.3, 0.4) is 0 Å². The van der Waals surface area contributed by atoms with Crippen LogP contribution in [0.2, 0.25) is 0 Å². The quantitative estimate of drug-likeness (QED) is 0.574. The van der Waals surface area contributed by atoms with E-state index in [9.17, 15) is 12.9 Å². The molecule has 1 aromatic heterocycles. The van der Waals surface area contributed by atoms with Gasteiger partial charge in [-0.25, -0.2) is 0 Å². The van der Waals surface area contributed by atoms with Crippen LogP contribution in [-0.4, -0.2) is 11.5 Å². The first-order valence-electron chi connectivity index (χ1n) is 4.24. The van der Waals surface area contributed by atoms with Gasteiger partial charge >= 0.3 is 58.4 Å². The second-order valence-electron chi connectivity index (χ2n) is 3.28. The number of halogens is 3. The van der Waals surface area contributed by atoms with Crippen LogP contribution in [0.1, 0.15) is 0 Å². The average molecular weight is 237 g/mol. The van der Waals surface area contributed by atoms with Crippen LogP contribution < -0.4 is 56.8 Å². The molecule has 0 fully saturated rings. The summed E-state index contributed by atoms with van der Waals surface area (Å²) in [5, 5.41) is 0.280. The Balaban J connectivity index is 0.00000112. The Labute approximate surface area is 128 Å². The van der Waals surface area contributed by atoms with Crippen molar-refractivity contribution in [2.75, 3.05) is 0 Å². The largest absolute Gasteiger partial charge is 1.00 e. The fraction of sp³-hybridized carbons (Fsp3) is 0.111. The monoisotopic (exact) mass is 237 g/mol. The molecule has 0 aliphatic heterocycles. The van der Waals surface area contributed by atoms with Crippen molar-refractivity contribution in [1.82, 2.24) is 4.57 Å². The third kappa shape index (κ3) is 2.50. The molecule has 0 bridgehead atoms. The topological polar surface area (TPSA) is 4.93 Å². The van der Waals surface area contributed by atoms with E-state index in [1.54, 1.807) is 23.9 Å². The number of aryl methyl sites for hydroxylation is 1. The van der Waals surface area contributed by atoms with Crippen molar-refractivity contribution in [2.45, 2.75) is 0 Å². The Bertz CT molecular complexity index is 478. The zero-order valence-corrected chi connectivity index (χ0v) is 11.7. The number of nitrogens with zero attached hydrogens (tertiary/aromatic N) is 1. The van der Waals surface area contributed by atoms with Crippen molar-refractivity contribution in [3.63, 3.8) is 0 Å². The maximum atomic E-state index is 12.6. The Morgan fingerprint density at radius 3 is 2.40 bits per heavy atom. The Kier molecular flexibility index (Phi) is 4.11. The van der Waals surface area contributed by atoms with E-state index in [1.807, 2.05) is 0 Å². The van der Waals surface area contributed by atoms with Gasteiger partial charge in [-0.15, -0.1) is 0 Å². The summed E-state index contributed by atoms with van der Waals surface area (Å²) in [6.45, 7) is -4.92. The van der Waals surface area contributed by atoms with E-state index < -0.39 is 12.4 Å². The minimum atomic E-state index is -4.92. The molecular formula is C9H8BF3KN. The second-order valence-corrected chi connectivity index (χ2v) is 3.28. The zero-order valence-electron chi connectivity index (χ0n) is 8.55. The van der Waals surface area contributed by atoms with Gasteiger partial charge in [0.1, 0.15) is 0 Å². The number of aromatic nitrogens is 1. The van der Waals surface area contributed by atoms with Crippen LogP contribution in [0.15, 0.2) is 30.5 Å². The molecule has 2 rings (SSSR count). The van der Waals surface area contributed by atoms with Crippen LogP contribution in [0.25, 0.3) is 10.9 Å². The third-order valence-electron chi connectivity index (χ3n) is 2.31. The maximum absolute atomic E-state index is 12.6. The molecule has 0 aliphatic carbocycles. The van der Waals surface area contributed by atoms with Crippen molar-refractivity contribution in [2.24, 2.45) is 7.05 Å². The molecule has 15 heavy (non-hydrogen) atoms. The molecule has 0 saturated heterocycles. The third-order valence-corrected chi connectivity index (χ3v) is 2.31. The minimum absolute atomic E-state index is 0. The molecule has 0 radical (unpaired) electrons. The van der Waals surface area contributed by atoms with Crippen molar-refractivity contribution < 1.29 is 64.3 Å². The molecular weight excluding hydrogens is 229 g/mol. The van der Waals surface area contributed by atoms with Crippen molar-refractivity contribution in [3.8, 4) is 0 Å². The number of benzene rings is 1. The van der Waals surface area contributed by atoms with Crippen molar-refractivity contribution >= 4 is 23.3 Å². The molecule has 1 aromatic carbocycles. The minimum Gasteiger partial charge on any atom is -0.445 e. The SMILES string of the molecule is Cn1ccc2c([B-](F)(F)F)cccc21.[K+]. The first-order valence-corrected chi connectivity index (χ1v) is 4.24. The van der Waals surface area contributed by atoms with Crippen LogP contribution >= 0.6 is 0 Å². The molecule has 0 spiro atoms. The van der Waals surface area contributed by atoms with E-state index in [4.69, 9.17) is 0 Å². The fourth-order valence-electron chi connectivity index (χ4n) is 1.61. The number of rotatable bonds is 1. The van der Waals surface area contributed by atoms with Gasteiger partial charge in [0.05, 0.1) is 0 Å². The zero-order chi connectivity index (χ0) is 10.3. The van der Waals surface area contributed by atoms with Gasteiger partial charge in [-0.05, 0) is 17.5 Å². The van der Waals surface area contributed by atoms with Gasteiger partial charge in [-0.1, -0.05) is 17.6 Å². The summed E-state index contributed by atoms with van der Waals surface area (Å²) >= 11 is 0. The van der Waals surface area contributed by atoms with E-state index in [0.717, 1.165) is 6.07 Å². The second kappa shape index (κ2) is 4.63. The molecule has 0 unspecified atom stereocenters. The molecule has 6 heteroatoms. The summed E-state index contributed by atoms with van der Waals surface area (Å²) in [6.07, 6.45) is 1.63. The molecule has 0 saturated carbocycles. The van der Waals surface area contributed by atoms with Crippen molar-refractivity contribution in [3.05, 3.63) is 30.5 Å². The summed E-state index contributed by atoms with van der Waals surface area (Å²) in [7, 11) is 1.73. The number of hydrogen-bond donors (Lipinski definition) is 0. The first kappa shape index (κ1) is 13.3. The maximum Gasteiger partial charge on any atom is 1.00 e. The Morgan fingerprint density at radius 1 is 1.13 bits per heavy atom. The summed E-state index contributed by atoms with van der Waals surface area (Å²) in [4.78, 5) is 0. The summed E-state index contributed by atoms with van der Waals surface area (Å²) < 4.78 is 39.4. The number of fused-ring (bicyclic) bond motifs is 1. The Morgan fingerprint density at radius 2 is 1.80 bits per heavy atom. The molecule has 0 atom stereocenters. The van der Waals surface area contributed by atoms with E-state index in [-0.39, 0.29) is 56.8 Å². The average Bonchev–Trinajstić information content (AvgIpc) is 2.46. The van der Waals surface area contributed by atoms with Crippen LogP contribution in [0.5, 0.6) is 0 Å². The molecule has 0 N–H and O–H groups in total. The van der Waals surface area contributed by atoms with Crippen LogP contribution in [0, 0.1) is 0 Å². The molecule has 1 heterocycles. The van der Waals surface area contributed by atoms with Gasteiger partial charge in [-0.3, -0.25) is 0 Å². The van der Waals surface area contributed by atoms with Crippen LogP contribution in [-0.2, 0) is 7.05 Å². The van der Waals surface area contributed by atoms with Crippen molar-refractivity contribution in [1.29, 1.82) is 0 Å². The fourth-order valence-corrected chi connectivity index (χ4v) is 1.61. The molecule has 2 aromatic rings. The van der Waals surface area contributed by atoms with Gasteiger partial charge in [0, 0.05) is 18.8 Å². The standard InChI is InChI=1S/C9H8BF3N.K/c1-14-6-5-7-8(10(11,12)13)3-2-4-9(7)14;/h2-6H,1H3;/q-1;+1. The van der Waals surface area contributed by atoms with Gasteiger partial charge in [0.25, 0.3) is 0 Å². The van der Waals surface area contributed by atoms with E-state index in [1.165, 1.54) is 12.1 Å². The number of hydrogen-bond acceptors (Lipinski definition) is 0. The predicted molar refractivity (Wildman–Crippen MR) is 51.6 cm³/mol. The predicted octanol–water partition coefficient (Wildman–Crippen LogP) is -0.763. The van der Waals surface area contributed by atoms with Gasteiger partial charge in [0.2, 0.25) is 0 Å². The Hall–Kier alpha value is 0.251. The van der Waals surface area contributed by atoms with E-state index >= 15 is 0 Å². The molecule has 1 nitrogen and oxygen atoms in total. The van der Waals surface area contributed by atoms with Gasteiger partial charge < -0.3 is 17.5 Å². The summed E-state index contributed by atoms with van der Waals surface area (Å²) in [5.74, 6) is 0. The molecule has 0 amide bonds. The first-order chi connectivity index (χ1) is 6.50. The van der Waals surface area contributed by atoms with E-state index in [0.29, 0.717) is 5.52 Å². The summed E-state index contributed by atoms with van der Waals surface area (Å²) in [6, 6.07) is 5.75. The smallest absolute Gasteiger partial charge is 0.445 e. The van der Waals surface area contributed by atoms with E-state index in [2.05, 4.69) is 0 Å². The normalized spacial score (nSPS) is 11.5. The van der Waals surface area contributed by atoms with Gasteiger partial charge in [0.15, 0.2) is 0 Å².